The Bertz CT molecular complexity index is 1010. The highest BCUT2D eigenvalue weighted by Crippen LogP contribution is 2.31. The summed E-state index contributed by atoms with van der Waals surface area (Å²) in [5.74, 6) is 1.67. The molecular weight excluding hydrogens is 346 g/mol. The molecule has 3 aromatic rings. The Labute approximate surface area is 155 Å². The molecule has 1 aliphatic heterocycles. The lowest BCUT2D eigenvalue weighted by molar-refractivity contribution is 0.0788. The zero-order chi connectivity index (χ0) is 18.8. The van der Waals surface area contributed by atoms with Gasteiger partial charge in [0, 0.05) is 12.4 Å². The van der Waals surface area contributed by atoms with Crippen LogP contribution in [0, 0.1) is 18.3 Å². The number of ether oxygens (including phenoxy) is 2. The normalized spacial score (nSPS) is 15.2. The maximum Gasteiger partial charge on any atom is 0.256 e. The number of aromatic nitrogens is 1. The van der Waals surface area contributed by atoms with Gasteiger partial charge in [-0.2, -0.15) is 5.26 Å². The molecule has 1 amide bonds. The number of aryl methyl sites for hydroxylation is 1. The second kappa shape index (κ2) is 6.92. The minimum absolute atomic E-state index is 0.201. The van der Waals surface area contributed by atoms with Crippen LogP contribution in [0.25, 0.3) is 5.88 Å². The molecule has 2 aromatic heterocycles. The fourth-order valence-corrected chi connectivity index (χ4v) is 3.02. The van der Waals surface area contributed by atoms with Crippen LogP contribution >= 0.6 is 0 Å². The molecule has 0 unspecified atom stereocenters. The van der Waals surface area contributed by atoms with Gasteiger partial charge < -0.3 is 19.2 Å². The molecule has 0 saturated carbocycles. The van der Waals surface area contributed by atoms with E-state index in [2.05, 4.69) is 11.4 Å². The fourth-order valence-electron chi connectivity index (χ4n) is 3.02. The minimum atomic E-state index is -0.381. The van der Waals surface area contributed by atoms with Crippen LogP contribution in [0.4, 0.5) is 0 Å². The largest absolute Gasteiger partial charge is 0.486 e. The number of nitriles is 1. The maximum atomic E-state index is 12.7. The van der Waals surface area contributed by atoms with E-state index in [1.165, 1.54) is 0 Å². The van der Waals surface area contributed by atoms with Gasteiger partial charge in [-0.05, 0) is 31.2 Å². The second-order valence-corrected chi connectivity index (χ2v) is 6.12. The molecule has 1 N–H and O–H groups in total. The number of benzene rings is 1. The van der Waals surface area contributed by atoms with Crippen LogP contribution in [0.2, 0.25) is 0 Å². The van der Waals surface area contributed by atoms with E-state index in [-0.39, 0.29) is 29.7 Å². The van der Waals surface area contributed by atoms with Crippen LogP contribution in [-0.2, 0) is 0 Å². The average Bonchev–Trinajstić information content (AvgIpc) is 3.33. The van der Waals surface area contributed by atoms with E-state index in [1.807, 2.05) is 36.4 Å². The smallest absolute Gasteiger partial charge is 0.256 e. The number of furan rings is 1. The molecule has 0 aliphatic carbocycles. The number of carbonyl (C=O) groups excluding carboxylic acids is 1. The van der Waals surface area contributed by atoms with Gasteiger partial charge in [-0.15, -0.1) is 0 Å². The number of hydrogen-bond donors (Lipinski definition) is 1. The highest BCUT2D eigenvalue weighted by atomic mass is 16.6. The number of rotatable bonds is 4. The monoisotopic (exact) mass is 363 g/mol. The van der Waals surface area contributed by atoms with Crippen molar-refractivity contribution in [2.75, 3.05) is 13.2 Å². The van der Waals surface area contributed by atoms with Crippen molar-refractivity contribution >= 4 is 5.91 Å². The SMILES string of the molecule is Cc1oc(-n2cccc2)c(C#N)c1C(=O)NC[C@@H]1COc2ccccc2O1. The summed E-state index contributed by atoms with van der Waals surface area (Å²) in [6.45, 7) is 2.25. The Kier molecular flexibility index (Phi) is 4.30. The molecule has 0 bridgehead atoms. The van der Waals surface area contributed by atoms with Gasteiger partial charge in [-0.1, -0.05) is 12.1 Å². The highest BCUT2D eigenvalue weighted by Gasteiger charge is 2.26. The van der Waals surface area contributed by atoms with Gasteiger partial charge in [0.1, 0.15) is 35.7 Å². The third-order valence-corrected chi connectivity index (χ3v) is 4.30. The van der Waals surface area contributed by atoms with Crippen molar-refractivity contribution in [1.29, 1.82) is 5.26 Å². The summed E-state index contributed by atoms with van der Waals surface area (Å²) < 4.78 is 18.8. The van der Waals surface area contributed by atoms with Crippen LogP contribution in [-0.4, -0.2) is 29.7 Å². The summed E-state index contributed by atoms with van der Waals surface area (Å²) in [5, 5.41) is 12.3. The number of amides is 1. The Balaban J connectivity index is 1.49. The van der Waals surface area contributed by atoms with Crippen molar-refractivity contribution in [3.05, 3.63) is 65.7 Å². The van der Waals surface area contributed by atoms with Crippen LogP contribution in [0.3, 0.4) is 0 Å². The van der Waals surface area contributed by atoms with Gasteiger partial charge in [0.2, 0.25) is 5.88 Å². The summed E-state index contributed by atoms with van der Waals surface area (Å²) in [6, 6.07) is 13.1. The van der Waals surface area contributed by atoms with Gasteiger partial charge >= 0.3 is 0 Å². The molecule has 0 fully saturated rings. The Morgan fingerprint density at radius 1 is 1.26 bits per heavy atom. The summed E-state index contributed by atoms with van der Waals surface area (Å²) in [5.41, 5.74) is 0.436. The number of fused-ring (bicyclic) bond motifs is 1. The molecule has 0 radical (unpaired) electrons. The molecular formula is C20H17N3O4. The number of nitrogens with one attached hydrogen (secondary N) is 1. The molecule has 3 heterocycles. The zero-order valence-corrected chi connectivity index (χ0v) is 14.6. The van der Waals surface area contributed by atoms with Crippen molar-refractivity contribution in [2.45, 2.75) is 13.0 Å². The molecule has 7 nitrogen and oxygen atoms in total. The molecule has 0 spiro atoms. The number of para-hydroxylation sites is 2. The van der Waals surface area contributed by atoms with E-state index in [0.717, 1.165) is 0 Å². The highest BCUT2D eigenvalue weighted by molar-refractivity contribution is 5.98. The minimum Gasteiger partial charge on any atom is -0.486 e. The van der Waals surface area contributed by atoms with Crippen molar-refractivity contribution in [3.63, 3.8) is 0 Å². The first-order valence-electron chi connectivity index (χ1n) is 8.51. The van der Waals surface area contributed by atoms with Crippen molar-refractivity contribution in [3.8, 4) is 23.5 Å². The summed E-state index contributed by atoms with van der Waals surface area (Å²) in [7, 11) is 0. The van der Waals surface area contributed by atoms with Gasteiger partial charge in [0.15, 0.2) is 11.5 Å². The Hall–Kier alpha value is -3.66. The number of carbonyl (C=O) groups is 1. The average molecular weight is 363 g/mol. The molecule has 1 atom stereocenters. The first-order chi connectivity index (χ1) is 13.2. The van der Waals surface area contributed by atoms with Crippen LogP contribution < -0.4 is 14.8 Å². The topological polar surface area (TPSA) is 89.4 Å². The Morgan fingerprint density at radius 3 is 2.74 bits per heavy atom. The lowest BCUT2D eigenvalue weighted by atomic mass is 10.1. The lowest BCUT2D eigenvalue weighted by Gasteiger charge is -2.26. The van der Waals surface area contributed by atoms with E-state index in [1.54, 1.807) is 23.9 Å². The molecule has 1 aliphatic rings. The predicted octanol–water partition coefficient (Wildman–Crippen LogP) is 2.82. The summed E-state index contributed by atoms with van der Waals surface area (Å²) >= 11 is 0. The van der Waals surface area contributed by atoms with E-state index < -0.39 is 0 Å². The van der Waals surface area contributed by atoms with Crippen molar-refractivity contribution < 1.29 is 18.7 Å². The predicted molar refractivity (Wildman–Crippen MR) is 96.2 cm³/mol. The summed E-state index contributed by atoms with van der Waals surface area (Å²) in [6.07, 6.45) is 3.20. The molecule has 1 aromatic carbocycles. The first kappa shape index (κ1) is 16.8. The molecule has 4 rings (SSSR count). The lowest BCUT2D eigenvalue weighted by Crippen LogP contribution is -2.41. The molecule has 7 heteroatoms. The van der Waals surface area contributed by atoms with Gasteiger partial charge in [0.05, 0.1) is 6.54 Å². The molecule has 136 valence electrons. The Morgan fingerprint density at radius 2 is 2.00 bits per heavy atom. The third-order valence-electron chi connectivity index (χ3n) is 4.30. The standard InChI is InChI=1S/C20H17N3O4/c1-13-18(15(10-21)20(26-13)23-8-4-5-9-23)19(24)22-11-14-12-25-16-6-2-3-7-17(16)27-14/h2-9,14H,11-12H2,1H3,(H,22,24)/t14-/m1/s1. The van der Waals surface area contributed by atoms with E-state index >= 15 is 0 Å². The zero-order valence-electron chi connectivity index (χ0n) is 14.6. The maximum absolute atomic E-state index is 12.7. The van der Waals surface area contributed by atoms with Crippen LogP contribution in [0.1, 0.15) is 21.7 Å². The van der Waals surface area contributed by atoms with E-state index in [0.29, 0.717) is 29.8 Å². The first-order valence-corrected chi connectivity index (χ1v) is 8.51. The molecule has 27 heavy (non-hydrogen) atoms. The number of hydrogen-bond acceptors (Lipinski definition) is 5. The number of nitrogens with zero attached hydrogens (tertiary/aromatic N) is 2. The second-order valence-electron chi connectivity index (χ2n) is 6.12. The summed E-state index contributed by atoms with van der Waals surface area (Å²) in [4.78, 5) is 12.7. The van der Waals surface area contributed by atoms with Crippen molar-refractivity contribution in [2.24, 2.45) is 0 Å². The fraction of sp³-hybridized carbons (Fsp3) is 0.200. The van der Waals surface area contributed by atoms with E-state index in [4.69, 9.17) is 13.9 Å². The van der Waals surface area contributed by atoms with E-state index in [9.17, 15) is 10.1 Å². The molecule has 0 saturated heterocycles. The van der Waals surface area contributed by atoms with Gasteiger partial charge in [-0.25, -0.2) is 0 Å². The quantitative estimate of drug-likeness (QED) is 0.770. The third kappa shape index (κ3) is 3.13. The van der Waals surface area contributed by atoms with Gasteiger partial charge in [-0.3, -0.25) is 9.36 Å². The van der Waals surface area contributed by atoms with Crippen molar-refractivity contribution in [1.82, 2.24) is 9.88 Å². The van der Waals surface area contributed by atoms with Crippen LogP contribution in [0.5, 0.6) is 11.5 Å². The van der Waals surface area contributed by atoms with Gasteiger partial charge in [0.25, 0.3) is 5.91 Å². The van der Waals surface area contributed by atoms with Crippen LogP contribution in [0.15, 0.2) is 53.2 Å².